The molecule has 0 saturated carbocycles. The first-order valence-corrected chi connectivity index (χ1v) is 9.31. The van der Waals surface area contributed by atoms with E-state index in [0.29, 0.717) is 19.5 Å². The van der Waals surface area contributed by atoms with Gasteiger partial charge in [0.05, 0.1) is 14.2 Å². The van der Waals surface area contributed by atoms with Crippen LogP contribution in [0.3, 0.4) is 0 Å². The van der Waals surface area contributed by atoms with E-state index in [1.165, 1.54) is 0 Å². The number of carbonyl (C=O) groups excluding carboxylic acids is 2. The SMILES string of the molecule is CCC(=O)N(Cc1ccc(OC)cc1)C(C)C(=O)NCc1ccc(OC)cc1. The Morgan fingerprint density at radius 3 is 1.89 bits per heavy atom. The molecule has 0 bridgehead atoms. The van der Waals surface area contributed by atoms with Crippen LogP contribution in [-0.2, 0) is 22.7 Å². The molecule has 0 fully saturated rings. The maximum absolute atomic E-state index is 12.6. The van der Waals surface area contributed by atoms with E-state index < -0.39 is 6.04 Å². The fourth-order valence-corrected chi connectivity index (χ4v) is 2.79. The normalized spacial score (nSPS) is 11.4. The van der Waals surface area contributed by atoms with Gasteiger partial charge in [-0.25, -0.2) is 0 Å². The van der Waals surface area contributed by atoms with E-state index in [0.717, 1.165) is 22.6 Å². The number of methoxy groups -OCH3 is 2. The van der Waals surface area contributed by atoms with E-state index >= 15 is 0 Å². The number of rotatable bonds is 9. The molecular weight excluding hydrogens is 356 g/mol. The maximum atomic E-state index is 12.6. The number of nitrogens with one attached hydrogen (secondary N) is 1. The molecule has 2 amide bonds. The van der Waals surface area contributed by atoms with Crippen LogP contribution in [0.1, 0.15) is 31.4 Å². The third-order valence-electron chi connectivity index (χ3n) is 4.61. The molecule has 2 rings (SSSR count). The van der Waals surface area contributed by atoms with Crippen LogP contribution in [0.15, 0.2) is 48.5 Å². The number of amides is 2. The lowest BCUT2D eigenvalue weighted by Gasteiger charge is -2.28. The molecule has 2 aromatic rings. The van der Waals surface area contributed by atoms with Crippen molar-refractivity contribution >= 4 is 11.8 Å². The molecule has 0 heterocycles. The zero-order valence-electron chi connectivity index (χ0n) is 16.9. The average molecular weight is 384 g/mol. The van der Waals surface area contributed by atoms with Crippen molar-refractivity contribution < 1.29 is 19.1 Å². The van der Waals surface area contributed by atoms with Crippen molar-refractivity contribution in [2.75, 3.05) is 14.2 Å². The Bertz CT molecular complexity index is 772. The fraction of sp³-hybridized carbons (Fsp3) is 0.364. The van der Waals surface area contributed by atoms with Crippen molar-refractivity contribution in [3.05, 3.63) is 59.7 Å². The first-order valence-electron chi connectivity index (χ1n) is 9.31. The number of nitrogens with zero attached hydrogens (tertiary/aromatic N) is 1. The van der Waals surface area contributed by atoms with Crippen molar-refractivity contribution in [2.45, 2.75) is 39.4 Å². The van der Waals surface area contributed by atoms with Crippen LogP contribution in [0.5, 0.6) is 11.5 Å². The van der Waals surface area contributed by atoms with Gasteiger partial charge >= 0.3 is 0 Å². The van der Waals surface area contributed by atoms with Gasteiger partial charge in [0.1, 0.15) is 17.5 Å². The Morgan fingerprint density at radius 2 is 1.43 bits per heavy atom. The monoisotopic (exact) mass is 384 g/mol. The lowest BCUT2D eigenvalue weighted by atomic mass is 10.1. The average Bonchev–Trinajstić information content (AvgIpc) is 2.75. The van der Waals surface area contributed by atoms with Gasteiger partial charge < -0.3 is 19.7 Å². The first kappa shape index (κ1) is 21.3. The highest BCUT2D eigenvalue weighted by Crippen LogP contribution is 2.16. The molecular formula is C22H28N2O4. The number of hydrogen-bond acceptors (Lipinski definition) is 4. The summed E-state index contributed by atoms with van der Waals surface area (Å²) in [6, 6.07) is 14.4. The van der Waals surface area contributed by atoms with E-state index in [9.17, 15) is 9.59 Å². The number of hydrogen-bond donors (Lipinski definition) is 1. The van der Waals surface area contributed by atoms with Gasteiger partial charge in [0.2, 0.25) is 11.8 Å². The molecule has 1 unspecified atom stereocenters. The molecule has 1 atom stereocenters. The summed E-state index contributed by atoms with van der Waals surface area (Å²) in [5, 5.41) is 2.91. The van der Waals surface area contributed by atoms with Gasteiger partial charge in [0.15, 0.2) is 0 Å². The molecule has 6 heteroatoms. The predicted molar refractivity (Wildman–Crippen MR) is 108 cm³/mol. The summed E-state index contributed by atoms with van der Waals surface area (Å²) < 4.78 is 10.3. The summed E-state index contributed by atoms with van der Waals surface area (Å²) >= 11 is 0. The van der Waals surface area contributed by atoms with Gasteiger partial charge in [0, 0.05) is 19.5 Å². The molecule has 0 radical (unpaired) electrons. The molecule has 0 aromatic heterocycles. The molecule has 150 valence electrons. The van der Waals surface area contributed by atoms with Gasteiger partial charge in [0.25, 0.3) is 0 Å². The topological polar surface area (TPSA) is 67.9 Å². The van der Waals surface area contributed by atoms with Crippen LogP contribution >= 0.6 is 0 Å². The Hall–Kier alpha value is -3.02. The second-order valence-electron chi connectivity index (χ2n) is 6.47. The van der Waals surface area contributed by atoms with Crippen molar-refractivity contribution in [3.63, 3.8) is 0 Å². The van der Waals surface area contributed by atoms with Crippen LogP contribution < -0.4 is 14.8 Å². The number of carbonyl (C=O) groups is 2. The van der Waals surface area contributed by atoms with Gasteiger partial charge in [-0.05, 0) is 42.3 Å². The van der Waals surface area contributed by atoms with Crippen LogP contribution in [0.4, 0.5) is 0 Å². The summed E-state index contributed by atoms with van der Waals surface area (Å²) in [7, 11) is 3.22. The highest BCUT2D eigenvalue weighted by atomic mass is 16.5. The molecule has 28 heavy (non-hydrogen) atoms. The molecule has 1 N–H and O–H groups in total. The highest BCUT2D eigenvalue weighted by Gasteiger charge is 2.25. The van der Waals surface area contributed by atoms with E-state index in [2.05, 4.69) is 5.32 Å². The Morgan fingerprint density at radius 1 is 0.929 bits per heavy atom. The zero-order valence-corrected chi connectivity index (χ0v) is 16.9. The zero-order chi connectivity index (χ0) is 20.5. The van der Waals surface area contributed by atoms with E-state index in [1.807, 2.05) is 48.5 Å². The molecule has 2 aromatic carbocycles. The van der Waals surface area contributed by atoms with Gasteiger partial charge in [-0.2, -0.15) is 0 Å². The van der Waals surface area contributed by atoms with Crippen LogP contribution in [0, 0.1) is 0 Å². The second-order valence-corrected chi connectivity index (χ2v) is 6.47. The minimum Gasteiger partial charge on any atom is -0.497 e. The number of ether oxygens (including phenoxy) is 2. The second kappa shape index (κ2) is 10.3. The molecule has 0 spiro atoms. The summed E-state index contributed by atoms with van der Waals surface area (Å²) in [5.74, 6) is 1.26. The smallest absolute Gasteiger partial charge is 0.242 e. The van der Waals surface area contributed by atoms with E-state index in [4.69, 9.17) is 9.47 Å². The third kappa shape index (κ3) is 5.74. The standard InChI is InChI=1S/C22H28N2O4/c1-5-21(25)24(15-18-8-12-20(28-4)13-9-18)16(2)22(26)23-14-17-6-10-19(27-3)11-7-17/h6-13,16H,5,14-15H2,1-4H3,(H,23,26). The summed E-state index contributed by atoms with van der Waals surface area (Å²) in [6.07, 6.45) is 0.340. The predicted octanol–water partition coefficient (Wildman–Crippen LogP) is 3.15. The van der Waals surface area contributed by atoms with Gasteiger partial charge in [-0.3, -0.25) is 9.59 Å². The van der Waals surface area contributed by atoms with Crippen LogP contribution in [0.25, 0.3) is 0 Å². The molecule has 0 aliphatic heterocycles. The van der Waals surface area contributed by atoms with E-state index in [-0.39, 0.29) is 11.8 Å². The fourth-order valence-electron chi connectivity index (χ4n) is 2.79. The maximum Gasteiger partial charge on any atom is 0.242 e. The lowest BCUT2D eigenvalue weighted by molar-refractivity contribution is -0.140. The van der Waals surface area contributed by atoms with Crippen LogP contribution in [-0.4, -0.2) is 37.0 Å². The first-order chi connectivity index (χ1) is 13.5. The summed E-state index contributed by atoms with van der Waals surface area (Å²) in [6.45, 7) is 4.31. The minimum absolute atomic E-state index is 0.0667. The number of benzene rings is 2. The molecule has 6 nitrogen and oxygen atoms in total. The van der Waals surface area contributed by atoms with Crippen molar-refractivity contribution in [1.29, 1.82) is 0 Å². The summed E-state index contributed by atoms with van der Waals surface area (Å²) in [4.78, 5) is 26.7. The molecule has 0 aliphatic rings. The Kier molecular flexibility index (Phi) is 7.87. The highest BCUT2D eigenvalue weighted by molar-refractivity contribution is 5.87. The Labute approximate surface area is 166 Å². The van der Waals surface area contributed by atoms with Gasteiger partial charge in [-0.15, -0.1) is 0 Å². The largest absolute Gasteiger partial charge is 0.497 e. The van der Waals surface area contributed by atoms with Crippen molar-refractivity contribution in [3.8, 4) is 11.5 Å². The van der Waals surface area contributed by atoms with E-state index in [1.54, 1.807) is 33.0 Å². The summed E-state index contributed by atoms with van der Waals surface area (Å²) in [5.41, 5.74) is 1.90. The van der Waals surface area contributed by atoms with Crippen molar-refractivity contribution in [1.82, 2.24) is 10.2 Å². The quantitative estimate of drug-likeness (QED) is 0.721. The minimum atomic E-state index is -0.576. The molecule has 0 saturated heterocycles. The van der Waals surface area contributed by atoms with Gasteiger partial charge in [-0.1, -0.05) is 31.2 Å². The Balaban J connectivity index is 2.02. The third-order valence-corrected chi connectivity index (χ3v) is 4.61. The van der Waals surface area contributed by atoms with Crippen LogP contribution in [0.2, 0.25) is 0 Å². The lowest BCUT2D eigenvalue weighted by Crippen LogP contribution is -2.47. The van der Waals surface area contributed by atoms with Crippen molar-refractivity contribution in [2.24, 2.45) is 0 Å². The molecule has 0 aliphatic carbocycles.